The van der Waals surface area contributed by atoms with Gasteiger partial charge in [0, 0.05) is 0 Å². The summed E-state index contributed by atoms with van der Waals surface area (Å²) in [5.41, 5.74) is -1.09. The fourth-order valence-corrected chi connectivity index (χ4v) is 8.02. The van der Waals surface area contributed by atoms with Gasteiger partial charge in [0.2, 0.25) is 0 Å². The molecule has 4 rings (SSSR count). The molecule has 2 bridgehead atoms. The number of aliphatic hydroxyl groups is 2. The topological polar surface area (TPSA) is 66.8 Å². The average molecular weight is 350 g/mol. The van der Waals surface area contributed by atoms with Crippen molar-refractivity contribution in [2.24, 2.45) is 34.0 Å². The van der Waals surface area contributed by atoms with Gasteiger partial charge in [-0.1, -0.05) is 13.3 Å². The van der Waals surface area contributed by atoms with Crippen molar-refractivity contribution in [3.05, 3.63) is 0 Å². The van der Waals surface area contributed by atoms with Crippen molar-refractivity contribution in [1.29, 1.82) is 0 Å². The summed E-state index contributed by atoms with van der Waals surface area (Å²) in [6, 6.07) is 0. The van der Waals surface area contributed by atoms with Gasteiger partial charge < -0.3 is 14.9 Å². The van der Waals surface area contributed by atoms with E-state index in [0.717, 1.165) is 51.4 Å². The Morgan fingerprint density at radius 3 is 2.48 bits per heavy atom. The number of methoxy groups -OCH3 is 1. The Balaban J connectivity index is 1.73. The van der Waals surface area contributed by atoms with Crippen molar-refractivity contribution in [3.63, 3.8) is 0 Å². The number of ether oxygens (including phenoxy) is 1. The lowest BCUT2D eigenvalue weighted by Crippen LogP contribution is -2.58. The summed E-state index contributed by atoms with van der Waals surface area (Å²) in [7, 11) is 1.51. The molecule has 0 aromatic rings. The van der Waals surface area contributed by atoms with E-state index in [1.807, 2.05) is 6.92 Å². The molecule has 142 valence electrons. The number of esters is 1. The second-order valence-corrected chi connectivity index (χ2v) is 10.4. The molecule has 4 fully saturated rings. The Labute approximate surface area is 151 Å². The highest BCUT2D eigenvalue weighted by atomic mass is 16.5. The normalized spacial score (nSPS) is 57.5. The van der Waals surface area contributed by atoms with E-state index >= 15 is 0 Å². The summed E-state index contributed by atoms with van der Waals surface area (Å²) in [5.74, 6) is 0.977. The molecule has 4 saturated carbocycles. The molecule has 2 N–H and O–H groups in total. The Bertz CT molecular complexity index is 586. The minimum Gasteiger partial charge on any atom is -0.469 e. The van der Waals surface area contributed by atoms with Gasteiger partial charge in [-0.3, -0.25) is 4.79 Å². The van der Waals surface area contributed by atoms with Gasteiger partial charge in [0.1, 0.15) is 0 Å². The highest BCUT2D eigenvalue weighted by Crippen LogP contribution is 2.73. The van der Waals surface area contributed by atoms with Crippen molar-refractivity contribution < 1.29 is 19.7 Å². The van der Waals surface area contributed by atoms with Crippen LogP contribution in [0, 0.1) is 34.0 Å². The first kappa shape index (κ1) is 17.8. The minimum atomic E-state index is -0.964. The Morgan fingerprint density at radius 2 is 1.80 bits per heavy atom. The number of hydrogen-bond acceptors (Lipinski definition) is 4. The molecule has 8 unspecified atom stereocenters. The lowest BCUT2D eigenvalue weighted by Gasteiger charge is -2.62. The highest BCUT2D eigenvalue weighted by molar-refractivity contribution is 5.77. The number of aliphatic hydroxyl groups excluding tert-OH is 1. The van der Waals surface area contributed by atoms with E-state index in [4.69, 9.17) is 4.74 Å². The molecule has 4 aliphatic carbocycles. The molecule has 4 nitrogen and oxygen atoms in total. The first-order valence-electron chi connectivity index (χ1n) is 10.1. The Kier molecular flexibility index (Phi) is 3.71. The molecule has 4 heteroatoms. The van der Waals surface area contributed by atoms with Crippen molar-refractivity contribution in [1.82, 2.24) is 0 Å². The van der Waals surface area contributed by atoms with Crippen LogP contribution in [0.4, 0.5) is 0 Å². The summed E-state index contributed by atoms with van der Waals surface area (Å²) < 4.78 is 5.21. The van der Waals surface area contributed by atoms with E-state index in [0.29, 0.717) is 11.8 Å². The van der Waals surface area contributed by atoms with Crippen LogP contribution >= 0.6 is 0 Å². The van der Waals surface area contributed by atoms with E-state index in [-0.39, 0.29) is 28.1 Å². The summed E-state index contributed by atoms with van der Waals surface area (Å²) >= 11 is 0. The molecule has 4 aliphatic rings. The van der Waals surface area contributed by atoms with Crippen molar-refractivity contribution >= 4 is 5.97 Å². The lowest BCUT2D eigenvalue weighted by atomic mass is 9.42. The highest BCUT2D eigenvalue weighted by Gasteiger charge is 2.69. The third-order valence-corrected chi connectivity index (χ3v) is 9.37. The van der Waals surface area contributed by atoms with Crippen LogP contribution in [0.3, 0.4) is 0 Å². The van der Waals surface area contributed by atoms with Gasteiger partial charge in [-0.2, -0.15) is 0 Å². The molecule has 8 atom stereocenters. The molecule has 0 aliphatic heterocycles. The molecule has 0 saturated heterocycles. The number of hydrogen-bond donors (Lipinski definition) is 2. The first-order valence-corrected chi connectivity index (χ1v) is 10.1. The molecule has 0 radical (unpaired) electrons. The van der Waals surface area contributed by atoms with Crippen LogP contribution in [0.2, 0.25) is 0 Å². The van der Waals surface area contributed by atoms with Crippen molar-refractivity contribution in [2.45, 2.75) is 83.8 Å². The fraction of sp³-hybridized carbons (Fsp3) is 0.952. The largest absolute Gasteiger partial charge is 0.469 e. The van der Waals surface area contributed by atoms with Crippen molar-refractivity contribution in [3.8, 4) is 0 Å². The maximum absolute atomic E-state index is 12.7. The second kappa shape index (κ2) is 5.22. The van der Waals surface area contributed by atoms with Crippen LogP contribution < -0.4 is 0 Å². The number of carbonyl (C=O) groups is 1. The average Bonchev–Trinajstić information content (AvgIpc) is 2.91. The van der Waals surface area contributed by atoms with Gasteiger partial charge in [-0.25, -0.2) is 0 Å². The molecular weight excluding hydrogens is 316 g/mol. The fourth-order valence-electron chi connectivity index (χ4n) is 8.02. The quantitative estimate of drug-likeness (QED) is 0.712. The monoisotopic (exact) mass is 350 g/mol. The zero-order valence-corrected chi connectivity index (χ0v) is 16.2. The zero-order chi connectivity index (χ0) is 18.3. The van der Waals surface area contributed by atoms with Crippen LogP contribution in [0.5, 0.6) is 0 Å². The molecule has 0 aromatic carbocycles. The third-order valence-electron chi connectivity index (χ3n) is 9.37. The molecule has 25 heavy (non-hydrogen) atoms. The van der Waals surface area contributed by atoms with Crippen LogP contribution in [-0.2, 0) is 9.53 Å². The van der Waals surface area contributed by atoms with Crippen molar-refractivity contribution in [2.75, 3.05) is 7.11 Å². The lowest BCUT2D eigenvalue weighted by molar-refractivity contribution is -0.185. The van der Waals surface area contributed by atoms with E-state index in [1.165, 1.54) is 7.11 Å². The van der Waals surface area contributed by atoms with Gasteiger partial charge in [0.25, 0.3) is 0 Å². The Hall–Kier alpha value is -0.610. The van der Waals surface area contributed by atoms with E-state index in [1.54, 1.807) is 0 Å². The zero-order valence-electron chi connectivity index (χ0n) is 16.2. The molecular formula is C21H34O4. The van der Waals surface area contributed by atoms with Gasteiger partial charge in [-0.05, 0) is 87.4 Å². The number of carbonyl (C=O) groups excluding carboxylic acids is 1. The molecule has 1 spiro atoms. The third kappa shape index (κ3) is 2.10. The van der Waals surface area contributed by atoms with Crippen LogP contribution in [0.25, 0.3) is 0 Å². The summed E-state index contributed by atoms with van der Waals surface area (Å²) in [5, 5.41) is 21.5. The SMILES string of the molecule is COC(=O)C1(C)CCCC2(C)C3CC4CC3(CCC12)CC(O)C4(C)O. The maximum atomic E-state index is 12.7. The smallest absolute Gasteiger partial charge is 0.311 e. The standard InChI is InChI=1S/C21H34O4/c1-18-7-5-8-19(2,17(23)25-4)14(18)6-9-21-11-13(10-15(18)21)20(3,24)16(22)12-21/h13-16,22,24H,5-12H2,1-4H3. The second-order valence-electron chi connectivity index (χ2n) is 10.4. The van der Waals surface area contributed by atoms with Crippen LogP contribution in [-0.4, -0.2) is 35.0 Å². The van der Waals surface area contributed by atoms with Gasteiger partial charge in [-0.15, -0.1) is 0 Å². The van der Waals surface area contributed by atoms with Gasteiger partial charge in [0.15, 0.2) is 0 Å². The Morgan fingerprint density at radius 1 is 1.08 bits per heavy atom. The van der Waals surface area contributed by atoms with Crippen LogP contribution in [0.1, 0.15) is 72.1 Å². The molecule has 0 amide bonds. The summed E-state index contributed by atoms with van der Waals surface area (Å²) in [4.78, 5) is 12.7. The maximum Gasteiger partial charge on any atom is 0.311 e. The van der Waals surface area contributed by atoms with E-state index < -0.39 is 11.7 Å². The first-order chi connectivity index (χ1) is 11.6. The van der Waals surface area contributed by atoms with E-state index in [9.17, 15) is 15.0 Å². The minimum absolute atomic E-state index is 0.0487. The summed E-state index contributed by atoms with van der Waals surface area (Å²) in [6.45, 7) is 6.34. The number of rotatable bonds is 1. The predicted octanol–water partition coefficient (Wildman–Crippen LogP) is 3.29. The van der Waals surface area contributed by atoms with E-state index in [2.05, 4.69) is 13.8 Å². The van der Waals surface area contributed by atoms with Gasteiger partial charge >= 0.3 is 5.97 Å². The van der Waals surface area contributed by atoms with Gasteiger partial charge in [0.05, 0.1) is 24.2 Å². The van der Waals surface area contributed by atoms with Crippen LogP contribution in [0.15, 0.2) is 0 Å². The summed E-state index contributed by atoms with van der Waals surface area (Å²) in [6.07, 6.45) is 7.40. The predicted molar refractivity (Wildman–Crippen MR) is 94.7 cm³/mol. The molecule has 0 aromatic heterocycles. The molecule has 0 heterocycles. The number of fused-ring (bicyclic) bond motifs is 3.